The number of hydrogen-bond donors (Lipinski definition) is 3. The molecule has 2 aromatic carbocycles. The number of nitrogens with one attached hydrogen (secondary N) is 1. The van der Waals surface area contributed by atoms with E-state index in [1.165, 1.54) is 12.1 Å². The van der Waals surface area contributed by atoms with Crippen LogP contribution in [0.2, 0.25) is 0 Å². The van der Waals surface area contributed by atoms with Gasteiger partial charge < -0.3 is 15.5 Å². The van der Waals surface area contributed by atoms with Crippen molar-refractivity contribution in [1.82, 2.24) is 5.32 Å². The predicted octanol–water partition coefficient (Wildman–Crippen LogP) is 2.92. The van der Waals surface area contributed by atoms with E-state index in [1.54, 1.807) is 12.1 Å². The first-order valence-electron chi connectivity index (χ1n) is 7.67. The SMILES string of the molecule is CC(C)(CO)C(CNC(=O)c1cccc(O)c1)c1ccccc1. The first kappa shape index (κ1) is 17.0. The number of benzene rings is 2. The molecule has 4 heteroatoms. The Morgan fingerprint density at radius 1 is 1.13 bits per heavy atom. The van der Waals surface area contributed by atoms with Crippen molar-refractivity contribution in [3.8, 4) is 5.75 Å². The first-order chi connectivity index (χ1) is 10.9. The molecule has 23 heavy (non-hydrogen) atoms. The number of aliphatic hydroxyl groups is 1. The van der Waals surface area contributed by atoms with Gasteiger partial charge in [-0.2, -0.15) is 0 Å². The summed E-state index contributed by atoms with van der Waals surface area (Å²) in [5, 5.41) is 22.1. The fourth-order valence-electron chi connectivity index (χ4n) is 2.58. The second kappa shape index (κ2) is 7.29. The lowest BCUT2D eigenvalue weighted by atomic mass is 9.75. The van der Waals surface area contributed by atoms with Crippen LogP contribution in [-0.2, 0) is 0 Å². The second-order valence-corrected chi connectivity index (χ2v) is 6.37. The number of phenolic OH excluding ortho intramolecular Hbond substituents is 1. The molecule has 122 valence electrons. The summed E-state index contributed by atoms with van der Waals surface area (Å²) >= 11 is 0. The molecule has 0 aliphatic heterocycles. The zero-order valence-electron chi connectivity index (χ0n) is 13.5. The molecule has 1 atom stereocenters. The molecular weight excluding hydrogens is 290 g/mol. The van der Waals surface area contributed by atoms with E-state index in [0.29, 0.717) is 12.1 Å². The van der Waals surface area contributed by atoms with Gasteiger partial charge in [0.15, 0.2) is 0 Å². The minimum atomic E-state index is -0.368. The number of amides is 1. The summed E-state index contributed by atoms with van der Waals surface area (Å²) in [4.78, 5) is 12.3. The molecule has 0 aliphatic carbocycles. The zero-order chi connectivity index (χ0) is 16.9. The maximum atomic E-state index is 12.3. The summed E-state index contributed by atoms with van der Waals surface area (Å²) in [6, 6.07) is 16.1. The maximum absolute atomic E-state index is 12.3. The molecule has 0 spiro atoms. The second-order valence-electron chi connectivity index (χ2n) is 6.37. The molecular formula is C19H23NO3. The van der Waals surface area contributed by atoms with E-state index < -0.39 is 0 Å². The fourth-order valence-corrected chi connectivity index (χ4v) is 2.58. The van der Waals surface area contributed by atoms with Gasteiger partial charge in [-0.05, 0) is 29.2 Å². The molecule has 3 N–H and O–H groups in total. The molecule has 0 bridgehead atoms. The fraction of sp³-hybridized carbons (Fsp3) is 0.316. The Labute approximate surface area is 136 Å². The molecule has 2 rings (SSSR count). The average Bonchev–Trinajstić information content (AvgIpc) is 2.55. The van der Waals surface area contributed by atoms with Crippen LogP contribution in [0.1, 0.15) is 35.7 Å². The van der Waals surface area contributed by atoms with Crippen molar-refractivity contribution in [3.05, 3.63) is 65.7 Å². The van der Waals surface area contributed by atoms with Crippen molar-refractivity contribution in [1.29, 1.82) is 0 Å². The number of hydrogen-bond acceptors (Lipinski definition) is 3. The number of aliphatic hydroxyl groups excluding tert-OH is 1. The Bertz CT molecular complexity index is 653. The minimum absolute atomic E-state index is 0.0186. The van der Waals surface area contributed by atoms with Gasteiger partial charge in [0.05, 0.1) is 0 Å². The molecule has 0 heterocycles. The van der Waals surface area contributed by atoms with E-state index in [-0.39, 0.29) is 29.6 Å². The largest absolute Gasteiger partial charge is 0.508 e. The van der Waals surface area contributed by atoms with Gasteiger partial charge >= 0.3 is 0 Å². The van der Waals surface area contributed by atoms with Crippen molar-refractivity contribution < 1.29 is 15.0 Å². The zero-order valence-corrected chi connectivity index (χ0v) is 13.5. The lowest BCUT2D eigenvalue weighted by molar-refractivity contribution is 0.0919. The van der Waals surface area contributed by atoms with Crippen LogP contribution < -0.4 is 5.32 Å². The number of rotatable bonds is 6. The molecule has 0 fully saturated rings. The first-order valence-corrected chi connectivity index (χ1v) is 7.67. The van der Waals surface area contributed by atoms with Crippen LogP contribution in [0.4, 0.5) is 0 Å². The Hall–Kier alpha value is -2.33. The summed E-state index contributed by atoms with van der Waals surface area (Å²) in [6.45, 7) is 4.39. The average molecular weight is 313 g/mol. The Kier molecular flexibility index (Phi) is 5.40. The van der Waals surface area contributed by atoms with E-state index in [0.717, 1.165) is 5.56 Å². The smallest absolute Gasteiger partial charge is 0.251 e. The lowest BCUT2D eigenvalue weighted by Gasteiger charge is -2.33. The standard InChI is InChI=1S/C19H23NO3/c1-19(2,13-21)17(14-7-4-3-5-8-14)12-20-18(23)15-9-6-10-16(22)11-15/h3-11,17,21-22H,12-13H2,1-2H3,(H,20,23). The Morgan fingerprint density at radius 3 is 2.43 bits per heavy atom. The van der Waals surface area contributed by atoms with Crippen LogP contribution in [0, 0.1) is 5.41 Å². The highest BCUT2D eigenvalue weighted by Gasteiger charge is 2.30. The summed E-state index contributed by atoms with van der Waals surface area (Å²) in [5.74, 6) is -0.196. The molecule has 0 saturated carbocycles. The number of phenols is 1. The van der Waals surface area contributed by atoms with Crippen LogP contribution >= 0.6 is 0 Å². The lowest BCUT2D eigenvalue weighted by Crippen LogP contribution is -2.36. The van der Waals surface area contributed by atoms with Gasteiger partial charge in [0.1, 0.15) is 5.75 Å². The summed E-state index contributed by atoms with van der Waals surface area (Å²) in [5.41, 5.74) is 1.12. The van der Waals surface area contributed by atoms with Crippen molar-refractivity contribution in [2.75, 3.05) is 13.2 Å². The van der Waals surface area contributed by atoms with Crippen LogP contribution in [-0.4, -0.2) is 29.3 Å². The van der Waals surface area contributed by atoms with E-state index >= 15 is 0 Å². The highest BCUT2D eigenvalue weighted by Crippen LogP contribution is 2.34. The van der Waals surface area contributed by atoms with Crippen LogP contribution in [0.3, 0.4) is 0 Å². The van der Waals surface area contributed by atoms with Crippen molar-refractivity contribution in [2.24, 2.45) is 5.41 Å². The highest BCUT2D eigenvalue weighted by atomic mass is 16.3. The predicted molar refractivity (Wildman–Crippen MR) is 90.5 cm³/mol. The molecule has 1 amide bonds. The number of aromatic hydroxyl groups is 1. The van der Waals surface area contributed by atoms with Gasteiger partial charge in [-0.3, -0.25) is 4.79 Å². The van der Waals surface area contributed by atoms with E-state index in [4.69, 9.17) is 0 Å². The summed E-state index contributed by atoms with van der Waals surface area (Å²) in [6.07, 6.45) is 0. The van der Waals surface area contributed by atoms with Crippen LogP contribution in [0.5, 0.6) is 5.75 Å². The van der Waals surface area contributed by atoms with Crippen LogP contribution in [0.25, 0.3) is 0 Å². The van der Waals surface area contributed by atoms with Gasteiger partial charge in [-0.25, -0.2) is 0 Å². The van der Waals surface area contributed by atoms with Gasteiger partial charge in [0, 0.05) is 24.6 Å². The summed E-state index contributed by atoms with van der Waals surface area (Å²) < 4.78 is 0. The van der Waals surface area contributed by atoms with Crippen molar-refractivity contribution >= 4 is 5.91 Å². The van der Waals surface area contributed by atoms with Crippen molar-refractivity contribution in [2.45, 2.75) is 19.8 Å². The van der Waals surface area contributed by atoms with Crippen LogP contribution in [0.15, 0.2) is 54.6 Å². The Morgan fingerprint density at radius 2 is 1.83 bits per heavy atom. The van der Waals surface area contributed by atoms with E-state index in [9.17, 15) is 15.0 Å². The molecule has 0 radical (unpaired) electrons. The normalized spacial score (nSPS) is 12.7. The third kappa shape index (κ3) is 4.33. The quantitative estimate of drug-likeness (QED) is 0.768. The van der Waals surface area contributed by atoms with Gasteiger partial charge in [0.25, 0.3) is 5.91 Å². The minimum Gasteiger partial charge on any atom is -0.508 e. The summed E-state index contributed by atoms with van der Waals surface area (Å²) in [7, 11) is 0. The van der Waals surface area contributed by atoms with E-state index in [2.05, 4.69) is 5.32 Å². The number of carbonyl (C=O) groups excluding carboxylic acids is 1. The molecule has 1 unspecified atom stereocenters. The highest BCUT2D eigenvalue weighted by molar-refractivity contribution is 5.94. The molecule has 0 aromatic heterocycles. The monoisotopic (exact) mass is 313 g/mol. The molecule has 0 aliphatic rings. The third-order valence-corrected chi connectivity index (χ3v) is 4.13. The van der Waals surface area contributed by atoms with E-state index in [1.807, 2.05) is 44.2 Å². The number of carbonyl (C=O) groups is 1. The topological polar surface area (TPSA) is 69.6 Å². The van der Waals surface area contributed by atoms with Gasteiger partial charge in [-0.15, -0.1) is 0 Å². The van der Waals surface area contributed by atoms with Gasteiger partial charge in [-0.1, -0.05) is 50.2 Å². The maximum Gasteiger partial charge on any atom is 0.251 e. The molecule has 4 nitrogen and oxygen atoms in total. The van der Waals surface area contributed by atoms with Crippen molar-refractivity contribution in [3.63, 3.8) is 0 Å². The Balaban J connectivity index is 2.14. The molecule has 0 saturated heterocycles. The van der Waals surface area contributed by atoms with Gasteiger partial charge in [0.2, 0.25) is 0 Å². The molecule has 2 aromatic rings. The third-order valence-electron chi connectivity index (χ3n) is 4.13.